The minimum Gasteiger partial charge on any atom is -0.399 e. The number of hydrogen-bond acceptors (Lipinski definition) is 3. The van der Waals surface area contributed by atoms with Crippen molar-refractivity contribution in [3.8, 4) is 0 Å². The zero-order chi connectivity index (χ0) is 15.1. The molecule has 0 amide bonds. The highest BCUT2D eigenvalue weighted by Gasteiger charge is 2.51. The van der Waals surface area contributed by atoms with E-state index >= 15 is 0 Å². The van der Waals surface area contributed by atoms with Gasteiger partial charge in [-0.3, -0.25) is 0 Å². The largest absolute Gasteiger partial charge is 0.494 e. The Morgan fingerprint density at radius 2 is 1.76 bits per heavy atom. The number of benzene rings is 1. The molecule has 1 saturated heterocycles. The zero-order valence-corrected chi connectivity index (χ0v) is 13.3. The minimum absolute atomic E-state index is 0.296. The minimum atomic E-state index is -0.300. The Morgan fingerprint density at radius 1 is 1.05 bits per heavy atom. The van der Waals surface area contributed by atoms with Gasteiger partial charge in [0.15, 0.2) is 0 Å². The standard InChI is InChI=1S/C17H23BO3/c1-16(2)17(3,4)21-18(20-16)15-7-5-6-14(12-15)13-8-10-19-11-9-13/h5-8,12H,9-11H2,1-4H3. The molecule has 2 aliphatic rings. The lowest BCUT2D eigenvalue weighted by atomic mass is 9.77. The Balaban J connectivity index is 1.86. The molecule has 21 heavy (non-hydrogen) atoms. The van der Waals surface area contributed by atoms with Gasteiger partial charge in [-0.25, -0.2) is 0 Å². The first-order valence-corrected chi connectivity index (χ1v) is 7.62. The lowest BCUT2D eigenvalue weighted by molar-refractivity contribution is 0.00578. The molecule has 2 heterocycles. The molecule has 0 saturated carbocycles. The fourth-order valence-electron chi connectivity index (χ4n) is 2.65. The van der Waals surface area contributed by atoms with Crippen LogP contribution < -0.4 is 5.46 Å². The van der Waals surface area contributed by atoms with E-state index < -0.39 is 0 Å². The van der Waals surface area contributed by atoms with Crippen molar-refractivity contribution in [1.29, 1.82) is 0 Å². The summed E-state index contributed by atoms with van der Waals surface area (Å²) in [6.07, 6.45) is 3.12. The molecular formula is C17H23BO3. The Bertz CT molecular complexity index is 547. The highest BCUT2D eigenvalue weighted by molar-refractivity contribution is 6.62. The molecule has 3 nitrogen and oxygen atoms in total. The van der Waals surface area contributed by atoms with E-state index in [9.17, 15) is 0 Å². The van der Waals surface area contributed by atoms with Crippen molar-refractivity contribution in [2.24, 2.45) is 0 Å². The molecule has 1 aromatic rings. The molecule has 0 spiro atoms. The third-order valence-electron chi connectivity index (χ3n) is 4.75. The van der Waals surface area contributed by atoms with Crippen LogP contribution in [0, 0.1) is 0 Å². The molecule has 112 valence electrons. The van der Waals surface area contributed by atoms with E-state index in [1.54, 1.807) is 0 Å². The zero-order valence-electron chi connectivity index (χ0n) is 13.3. The predicted molar refractivity (Wildman–Crippen MR) is 85.6 cm³/mol. The van der Waals surface area contributed by atoms with Crippen molar-refractivity contribution < 1.29 is 14.0 Å². The Hall–Kier alpha value is -1.10. The summed E-state index contributed by atoms with van der Waals surface area (Å²) in [4.78, 5) is 0. The van der Waals surface area contributed by atoms with E-state index in [1.807, 2.05) is 0 Å². The second kappa shape index (κ2) is 5.27. The molecule has 0 radical (unpaired) electrons. The Morgan fingerprint density at radius 3 is 2.38 bits per heavy atom. The SMILES string of the molecule is CC1(C)OB(c2cccc(C3=CCOCC3)c2)OC1(C)C. The predicted octanol–water partition coefficient (Wildman–Crippen LogP) is 2.79. The van der Waals surface area contributed by atoms with Crippen LogP contribution in [-0.2, 0) is 14.0 Å². The van der Waals surface area contributed by atoms with Crippen LogP contribution in [-0.4, -0.2) is 31.5 Å². The quantitative estimate of drug-likeness (QED) is 0.782. The van der Waals surface area contributed by atoms with Gasteiger partial charge in [0.2, 0.25) is 0 Å². The lowest BCUT2D eigenvalue weighted by Crippen LogP contribution is -2.41. The average molecular weight is 286 g/mol. The van der Waals surface area contributed by atoms with E-state index in [0.717, 1.165) is 18.5 Å². The van der Waals surface area contributed by atoms with Crippen molar-refractivity contribution in [2.75, 3.05) is 13.2 Å². The molecule has 0 atom stereocenters. The van der Waals surface area contributed by atoms with Gasteiger partial charge >= 0.3 is 7.12 Å². The van der Waals surface area contributed by atoms with Gasteiger partial charge in [0, 0.05) is 0 Å². The monoisotopic (exact) mass is 286 g/mol. The van der Waals surface area contributed by atoms with E-state index in [4.69, 9.17) is 14.0 Å². The maximum Gasteiger partial charge on any atom is 0.494 e. The van der Waals surface area contributed by atoms with Crippen LogP contribution in [0.3, 0.4) is 0 Å². The van der Waals surface area contributed by atoms with Crippen molar-refractivity contribution in [3.63, 3.8) is 0 Å². The van der Waals surface area contributed by atoms with Crippen LogP contribution >= 0.6 is 0 Å². The molecule has 1 aromatic carbocycles. The summed E-state index contributed by atoms with van der Waals surface area (Å²) < 4.78 is 17.6. The van der Waals surface area contributed by atoms with Gasteiger partial charge in [-0.2, -0.15) is 0 Å². The molecule has 4 heteroatoms. The van der Waals surface area contributed by atoms with Gasteiger partial charge in [0.1, 0.15) is 0 Å². The van der Waals surface area contributed by atoms with Crippen LogP contribution in [0.2, 0.25) is 0 Å². The number of ether oxygens (including phenoxy) is 1. The Kier molecular flexibility index (Phi) is 3.72. The highest BCUT2D eigenvalue weighted by Crippen LogP contribution is 2.36. The Labute approximate surface area is 127 Å². The van der Waals surface area contributed by atoms with Crippen molar-refractivity contribution in [1.82, 2.24) is 0 Å². The maximum absolute atomic E-state index is 6.13. The number of rotatable bonds is 2. The van der Waals surface area contributed by atoms with Crippen LogP contribution in [0.4, 0.5) is 0 Å². The first-order valence-electron chi connectivity index (χ1n) is 7.62. The topological polar surface area (TPSA) is 27.7 Å². The first-order chi connectivity index (χ1) is 9.89. The summed E-state index contributed by atoms with van der Waals surface area (Å²) in [5.41, 5.74) is 3.07. The fraction of sp³-hybridized carbons (Fsp3) is 0.529. The van der Waals surface area contributed by atoms with Crippen molar-refractivity contribution >= 4 is 18.2 Å². The maximum atomic E-state index is 6.13. The summed E-state index contributed by atoms with van der Waals surface area (Å²) in [6, 6.07) is 8.47. The third kappa shape index (κ3) is 2.80. The van der Waals surface area contributed by atoms with Gasteiger partial charge < -0.3 is 14.0 Å². The molecule has 0 N–H and O–H groups in total. The first kappa shape index (κ1) is 14.8. The van der Waals surface area contributed by atoms with Crippen LogP contribution in [0.5, 0.6) is 0 Å². The molecule has 0 aromatic heterocycles. The van der Waals surface area contributed by atoms with E-state index in [0.29, 0.717) is 6.61 Å². The number of hydrogen-bond donors (Lipinski definition) is 0. The lowest BCUT2D eigenvalue weighted by Gasteiger charge is -2.32. The van der Waals surface area contributed by atoms with Crippen LogP contribution in [0.25, 0.3) is 5.57 Å². The van der Waals surface area contributed by atoms with E-state index in [2.05, 4.69) is 58.0 Å². The highest BCUT2D eigenvalue weighted by atomic mass is 16.7. The molecule has 3 rings (SSSR count). The summed E-state index contributed by atoms with van der Waals surface area (Å²) in [6.45, 7) is 9.83. The van der Waals surface area contributed by atoms with Crippen molar-refractivity contribution in [2.45, 2.75) is 45.3 Å². The van der Waals surface area contributed by atoms with Gasteiger partial charge in [-0.05, 0) is 50.7 Å². The van der Waals surface area contributed by atoms with Gasteiger partial charge in [-0.1, -0.05) is 30.3 Å². The second-order valence-corrected chi connectivity index (χ2v) is 6.77. The van der Waals surface area contributed by atoms with E-state index in [1.165, 1.54) is 11.1 Å². The average Bonchev–Trinajstić information content (AvgIpc) is 2.69. The van der Waals surface area contributed by atoms with Crippen LogP contribution in [0.15, 0.2) is 30.3 Å². The van der Waals surface area contributed by atoms with E-state index in [-0.39, 0.29) is 18.3 Å². The van der Waals surface area contributed by atoms with Gasteiger partial charge in [-0.15, -0.1) is 0 Å². The normalized spacial score (nSPS) is 24.0. The molecule has 1 fully saturated rings. The third-order valence-corrected chi connectivity index (χ3v) is 4.75. The molecule has 2 aliphatic heterocycles. The summed E-state index contributed by atoms with van der Waals surface area (Å²) in [5, 5.41) is 0. The van der Waals surface area contributed by atoms with Crippen molar-refractivity contribution in [3.05, 3.63) is 35.9 Å². The van der Waals surface area contributed by atoms with Crippen LogP contribution in [0.1, 0.15) is 39.7 Å². The van der Waals surface area contributed by atoms with Gasteiger partial charge in [0.05, 0.1) is 24.4 Å². The smallest absolute Gasteiger partial charge is 0.399 e. The molecular weight excluding hydrogens is 263 g/mol. The van der Waals surface area contributed by atoms with Gasteiger partial charge in [0.25, 0.3) is 0 Å². The fourth-order valence-corrected chi connectivity index (χ4v) is 2.65. The summed E-state index contributed by atoms with van der Waals surface area (Å²) >= 11 is 0. The second-order valence-electron chi connectivity index (χ2n) is 6.77. The molecule has 0 bridgehead atoms. The summed E-state index contributed by atoms with van der Waals surface area (Å²) in [7, 11) is -0.296. The summed E-state index contributed by atoms with van der Waals surface area (Å²) in [5.74, 6) is 0. The molecule has 0 unspecified atom stereocenters. The molecule has 0 aliphatic carbocycles.